The van der Waals surface area contributed by atoms with Gasteiger partial charge in [-0.05, 0) is 20.3 Å². The Balaban J connectivity index is 3.87. The number of nitrogens with one attached hydrogen (secondary N) is 1. The molecule has 2 atom stereocenters. The molecule has 0 radical (unpaired) electrons. The molecule has 0 amide bonds. The van der Waals surface area contributed by atoms with E-state index in [1.807, 2.05) is 13.8 Å². The Morgan fingerprint density at radius 3 is 2.60 bits per heavy atom. The number of unbranched alkanes of at least 4 members (excludes halogenated alkanes) is 1. The van der Waals surface area contributed by atoms with Crippen LogP contribution in [0.4, 0.5) is 0 Å². The molecule has 0 bridgehead atoms. The molecule has 0 saturated heterocycles. The maximum Gasteiger partial charge on any atom is 0.320 e. The SMILES string of the molecule is CCCC[C@H](NC(C)COCC)C(=O)O. The minimum atomic E-state index is -0.771. The van der Waals surface area contributed by atoms with E-state index in [1.165, 1.54) is 0 Å². The van der Waals surface area contributed by atoms with E-state index < -0.39 is 12.0 Å². The van der Waals surface area contributed by atoms with Crippen molar-refractivity contribution >= 4 is 5.97 Å². The lowest BCUT2D eigenvalue weighted by Crippen LogP contribution is -2.44. The summed E-state index contributed by atoms with van der Waals surface area (Å²) in [5, 5.41) is 12.0. The molecular weight excluding hydrogens is 194 g/mol. The lowest BCUT2D eigenvalue weighted by atomic mass is 10.1. The summed E-state index contributed by atoms with van der Waals surface area (Å²) in [6, 6.07) is -0.358. The van der Waals surface area contributed by atoms with Crippen molar-refractivity contribution in [1.29, 1.82) is 0 Å². The first kappa shape index (κ1) is 14.4. The van der Waals surface area contributed by atoms with Crippen LogP contribution in [0.3, 0.4) is 0 Å². The molecule has 4 heteroatoms. The van der Waals surface area contributed by atoms with Gasteiger partial charge in [-0.15, -0.1) is 0 Å². The van der Waals surface area contributed by atoms with Gasteiger partial charge in [0.1, 0.15) is 6.04 Å². The lowest BCUT2D eigenvalue weighted by molar-refractivity contribution is -0.140. The summed E-state index contributed by atoms with van der Waals surface area (Å²) in [5.41, 5.74) is 0. The minimum absolute atomic E-state index is 0.0860. The molecule has 0 rings (SSSR count). The van der Waals surface area contributed by atoms with Gasteiger partial charge in [0.05, 0.1) is 6.61 Å². The molecule has 1 unspecified atom stereocenters. The smallest absolute Gasteiger partial charge is 0.320 e. The first-order valence-electron chi connectivity index (χ1n) is 5.68. The third-order valence-electron chi connectivity index (χ3n) is 2.20. The zero-order valence-corrected chi connectivity index (χ0v) is 9.95. The van der Waals surface area contributed by atoms with Crippen LogP contribution in [0.25, 0.3) is 0 Å². The van der Waals surface area contributed by atoms with Crippen LogP contribution in [0.15, 0.2) is 0 Å². The molecule has 2 N–H and O–H groups in total. The first-order chi connectivity index (χ1) is 7.11. The van der Waals surface area contributed by atoms with E-state index in [-0.39, 0.29) is 6.04 Å². The fraction of sp³-hybridized carbons (Fsp3) is 0.909. The highest BCUT2D eigenvalue weighted by atomic mass is 16.5. The van der Waals surface area contributed by atoms with E-state index in [0.29, 0.717) is 19.6 Å². The average Bonchev–Trinajstić information content (AvgIpc) is 2.20. The Hall–Kier alpha value is -0.610. The monoisotopic (exact) mass is 217 g/mol. The number of hydrogen-bond donors (Lipinski definition) is 2. The van der Waals surface area contributed by atoms with Crippen molar-refractivity contribution in [3.05, 3.63) is 0 Å². The summed E-state index contributed by atoms with van der Waals surface area (Å²) in [5.74, 6) is -0.771. The van der Waals surface area contributed by atoms with E-state index >= 15 is 0 Å². The summed E-state index contributed by atoms with van der Waals surface area (Å²) in [6.45, 7) is 7.16. The van der Waals surface area contributed by atoms with Crippen LogP contribution < -0.4 is 5.32 Å². The van der Waals surface area contributed by atoms with Gasteiger partial charge in [-0.2, -0.15) is 0 Å². The molecule has 0 heterocycles. The summed E-state index contributed by atoms with van der Waals surface area (Å²) < 4.78 is 5.22. The zero-order valence-electron chi connectivity index (χ0n) is 9.95. The Morgan fingerprint density at radius 2 is 2.13 bits per heavy atom. The van der Waals surface area contributed by atoms with Crippen molar-refractivity contribution in [1.82, 2.24) is 5.32 Å². The largest absolute Gasteiger partial charge is 0.480 e. The fourth-order valence-corrected chi connectivity index (χ4v) is 1.37. The van der Waals surface area contributed by atoms with Crippen LogP contribution in [0, 0.1) is 0 Å². The van der Waals surface area contributed by atoms with Gasteiger partial charge < -0.3 is 9.84 Å². The van der Waals surface area contributed by atoms with Gasteiger partial charge in [-0.1, -0.05) is 19.8 Å². The van der Waals surface area contributed by atoms with Crippen LogP contribution in [-0.4, -0.2) is 36.4 Å². The number of rotatable bonds is 9. The van der Waals surface area contributed by atoms with Crippen LogP contribution in [0.2, 0.25) is 0 Å². The van der Waals surface area contributed by atoms with Crippen LogP contribution in [0.5, 0.6) is 0 Å². The van der Waals surface area contributed by atoms with Crippen molar-refractivity contribution in [2.75, 3.05) is 13.2 Å². The number of carboxylic acids is 1. The van der Waals surface area contributed by atoms with Crippen LogP contribution in [-0.2, 0) is 9.53 Å². The molecular formula is C11H23NO3. The molecule has 15 heavy (non-hydrogen) atoms. The molecule has 90 valence electrons. The summed E-state index contributed by atoms with van der Waals surface area (Å²) in [4.78, 5) is 10.9. The molecule has 0 aromatic carbocycles. The molecule has 0 aliphatic heterocycles. The second-order valence-corrected chi connectivity index (χ2v) is 3.76. The van der Waals surface area contributed by atoms with Crippen molar-refractivity contribution in [3.63, 3.8) is 0 Å². The normalized spacial score (nSPS) is 14.9. The third kappa shape index (κ3) is 7.33. The highest BCUT2D eigenvalue weighted by Gasteiger charge is 2.18. The predicted octanol–water partition coefficient (Wildman–Crippen LogP) is 1.64. The number of aliphatic carboxylic acids is 1. The van der Waals surface area contributed by atoms with Gasteiger partial charge in [0.15, 0.2) is 0 Å². The van der Waals surface area contributed by atoms with Gasteiger partial charge in [-0.3, -0.25) is 10.1 Å². The minimum Gasteiger partial charge on any atom is -0.480 e. The van der Waals surface area contributed by atoms with Crippen molar-refractivity contribution < 1.29 is 14.6 Å². The Bertz CT molecular complexity index is 173. The van der Waals surface area contributed by atoms with E-state index in [2.05, 4.69) is 12.2 Å². The highest BCUT2D eigenvalue weighted by Crippen LogP contribution is 2.02. The summed E-state index contributed by atoms with van der Waals surface area (Å²) in [6.07, 6.45) is 2.64. The zero-order chi connectivity index (χ0) is 11.7. The molecule has 0 aromatic rings. The van der Waals surface area contributed by atoms with Crippen LogP contribution in [0.1, 0.15) is 40.0 Å². The van der Waals surface area contributed by atoms with E-state index in [1.54, 1.807) is 0 Å². The molecule has 0 spiro atoms. The van der Waals surface area contributed by atoms with Gasteiger partial charge >= 0.3 is 5.97 Å². The van der Waals surface area contributed by atoms with Gasteiger partial charge in [-0.25, -0.2) is 0 Å². The maximum absolute atomic E-state index is 10.9. The highest BCUT2D eigenvalue weighted by molar-refractivity contribution is 5.73. The van der Waals surface area contributed by atoms with E-state index in [0.717, 1.165) is 12.8 Å². The Kier molecular flexibility index (Phi) is 8.33. The first-order valence-corrected chi connectivity index (χ1v) is 5.68. The fourth-order valence-electron chi connectivity index (χ4n) is 1.37. The average molecular weight is 217 g/mol. The molecule has 0 aromatic heterocycles. The van der Waals surface area contributed by atoms with Gasteiger partial charge in [0.25, 0.3) is 0 Å². The molecule has 0 fully saturated rings. The second kappa shape index (κ2) is 8.68. The van der Waals surface area contributed by atoms with E-state index in [9.17, 15) is 4.79 Å². The molecule has 0 aliphatic carbocycles. The van der Waals surface area contributed by atoms with Gasteiger partial charge in [0, 0.05) is 12.6 Å². The standard InChI is InChI=1S/C11H23NO3/c1-4-6-7-10(11(13)14)12-9(3)8-15-5-2/h9-10,12H,4-8H2,1-3H3,(H,13,14)/t9?,10-/m0/s1. The number of carbonyl (C=O) groups is 1. The Morgan fingerprint density at radius 1 is 1.47 bits per heavy atom. The quantitative estimate of drug-likeness (QED) is 0.616. The van der Waals surface area contributed by atoms with Crippen molar-refractivity contribution in [2.45, 2.75) is 52.1 Å². The number of carboxylic acid groups (broad SMARTS) is 1. The van der Waals surface area contributed by atoms with E-state index in [4.69, 9.17) is 9.84 Å². The number of hydrogen-bond acceptors (Lipinski definition) is 3. The maximum atomic E-state index is 10.9. The number of ether oxygens (including phenoxy) is 1. The van der Waals surface area contributed by atoms with Crippen molar-refractivity contribution in [3.8, 4) is 0 Å². The molecule has 0 aliphatic rings. The predicted molar refractivity (Wildman–Crippen MR) is 60.0 cm³/mol. The van der Waals surface area contributed by atoms with Crippen molar-refractivity contribution in [2.24, 2.45) is 0 Å². The molecule has 4 nitrogen and oxygen atoms in total. The Labute approximate surface area is 92.0 Å². The lowest BCUT2D eigenvalue weighted by Gasteiger charge is -2.19. The molecule has 0 saturated carbocycles. The van der Waals surface area contributed by atoms with Crippen LogP contribution >= 0.6 is 0 Å². The topological polar surface area (TPSA) is 58.6 Å². The summed E-state index contributed by atoms with van der Waals surface area (Å²) in [7, 11) is 0. The second-order valence-electron chi connectivity index (χ2n) is 3.76. The summed E-state index contributed by atoms with van der Waals surface area (Å²) >= 11 is 0. The third-order valence-corrected chi connectivity index (χ3v) is 2.20. The van der Waals surface area contributed by atoms with Gasteiger partial charge in [0.2, 0.25) is 0 Å².